The lowest BCUT2D eigenvalue weighted by atomic mass is 10.1. The number of thiocarbonyl (C=S) groups is 1. The van der Waals surface area contributed by atoms with E-state index in [1.54, 1.807) is 21.3 Å². The van der Waals surface area contributed by atoms with Gasteiger partial charge in [-0.1, -0.05) is 30.3 Å². The minimum atomic E-state index is -2.50. The number of rotatable bonds is 8. The van der Waals surface area contributed by atoms with Crippen LogP contribution < -0.4 is 10.6 Å². The SMILES string of the molecule is CO[Si](CCCNC(=S)Nc1ccc2ccccc2c1)(OC)OC. The van der Waals surface area contributed by atoms with Crippen molar-refractivity contribution in [3.8, 4) is 0 Å². The first-order chi connectivity index (χ1) is 11.6. The Kier molecular flexibility index (Phi) is 7.13. The van der Waals surface area contributed by atoms with E-state index >= 15 is 0 Å². The molecule has 24 heavy (non-hydrogen) atoms. The average molecular weight is 365 g/mol. The number of nitrogens with one attached hydrogen (secondary N) is 2. The third-order valence-electron chi connectivity index (χ3n) is 3.89. The third-order valence-corrected chi connectivity index (χ3v) is 6.96. The Hall–Kier alpha value is -1.51. The second-order valence-corrected chi connectivity index (χ2v) is 8.84. The summed E-state index contributed by atoms with van der Waals surface area (Å²) in [7, 11) is 2.37. The van der Waals surface area contributed by atoms with Crippen LogP contribution in [0.2, 0.25) is 6.04 Å². The van der Waals surface area contributed by atoms with Crippen LogP contribution in [0.1, 0.15) is 6.42 Å². The first kappa shape index (κ1) is 18.8. The van der Waals surface area contributed by atoms with Crippen LogP contribution in [0.3, 0.4) is 0 Å². The summed E-state index contributed by atoms with van der Waals surface area (Å²) in [5.41, 5.74) is 0.973. The van der Waals surface area contributed by atoms with E-state index in [-0.39, 0.29) is 0 Å². The molecule has 0 spiro atoms. The van der Waals surface area contributed by atoms with Crippen molar-refractivity contribution in [1.82, 2.24) is 5.32 Å². The van der Waals surface area contributed by atoms with Gasteiger partial charge in [-0.05, 0) is 41.5 Å². The minimum Gasteiger partial charge on any atom is -0.377 e. The van der Waals surface area contributed by atoms with Gasteiger partial charge in [-0.3, -0.25) is 0 Å². The highest BCUT2D eigenvalue weighted by molar-refractivity contribution is 7.80. The van der Waals surface area contributed by atoms with Gasteiger partial charge in [0.05, 0.1) is 0 Å². The summed E-state index contributed by atoms with van der Waals surface area (Å²) in [6.07, 6.45) is 0.848. The maximum absolute atomic E-state index is 5.40. The van der Waals surface area contributed by atoms with Gasteiger partial charge in [0.1, 0.15) is 0 Å². The number of hydrogen-bond donors (Lipinski definition) is 2. The Balaban J connectivity index is 1.80. The van der Waals surface area contributed by atoms with Crippen LogP contribution >= 0.6 is 12.2 Å². The molecule has 0 aliphatic carbocycles. The summed E-state index contributed by atoms with van der Waals surface area (Å²) in [4.78, 5) is 0. The standard InChI is InChI=1S/C17H24N2O3SSi/c1-20-24(21-2,22-3)12-6-11-18-17(23)19-16-10-9-14-7-4-5-8-15(14)13-16/h4-5,7-10,13H,6,11-12H2,1-3H3,(H2,18,19,23). The predicted octanol–water partition coefficient (Wildman–Crippen LogP) is 3.39. The van der Waals surface area contributed by atoms with Gasteiger partial charge in [0.15, 0.2) is 5.11 Å². The third kappa shape index (κ3) is 4.99. The van der Waals surface area contributed by atoms with Gasteiger partial charge >= 0.3 is 8.80 Å². The number of fused-ring (bicyclic) bond motifs is 1. The van der Waals surface area contributed by atoms with Crippen LogP contribution in [0.4, 0.5) is 5.69 Å². The van der Waals surface area contributed by atoms with Crippen molar-refractivity contribution in [2.45, 2.75) is 12.5 Å². The van der Waals surface area contributed by atoms with E-state index in [9.17, 15) is 0 Å². The Morgan fingerprint density at radius 2 is 1.67 bits per heavy atom. The summed E-state index contributed by atoms with van der Waals surface area (Å²) in [5, 5.41) is 9.41. The van der Waals surface area contributed by atoms with Gasteiger partial charge in [0.25, 0.3) is 0 Å². The highest BCUT2D eigenvalue weighted by Crippen LogP contribution is 2.19. The van der Waals surface area contributed by atoms with Gasteiger partial charge in [0, 0.05) is 39.6 Å². The Morgan fingerprint density at radius 3 is 2.33 bits per heavy atom. The molecule has 0 radical (unpaired) electrons. The summed E-state index contributed by atoms with van der Waals surface area (Å²) < 4.78 is 16.2. The molecule has 130 valence electrons. The monoisotopic (exact) mass is 364 g/mol. The largest absolute Gasteiger partial charge is 0.500 e. The van der Waals surface area contributed by atoms with Gasteiger partial charge in [-0.2, -0.15) is 0 Å². The topological polar surface area (TPSA) is 51.8 Å². The smallest absolute Gasteiger partial charge is 0.377 e. The van der Waals surface area contributed by atoms with Gasteiger partial charge in [-0.25, -0.2) is 0 Å². The maximum atomic E-state index is 5.40. The minimum absolute atomic E-state index is 0.602. The van der Waals surface area contributed by atoms with Crippen molar-refractivity contribution in [2.75, 3.05) is 33.2 Å². The van der Waals surface area contributed by atoms with Crippen molar-refractivity contribution in [2.24, 2.45) is 0 Å². The molecule has 2 rings (SSSR count). The van der Waals surface area contributed by atoms with E-state index in [2.05, 4.69) is 34.9 Å². The predicted molar refractivity (Wildman–Crippen MR) is 104 cm³/mol. The lowest BCUT2D eigenvalue weighted by molar-refractivity contribution is 0.123. The van der Waals surface area contributed by atoms with Gasteiger partial charge in [0.2, 0.25) is 0 Å². The van der Waals surface area contributed by atoms with E-state index in [1.807, 2.05) is 18.2 Å². The van der Waals surface area contributed by atoms with Crippen molar-refractivity contribution in [1.29, 1.82) is 0 Å². The van der Waals surface area contributed by atoms with Gasteiger partial charge in [-0.15, -0.1) is 0 Å². The highest BCUT2D eigenvalue weighted by atomic mass is 32.1. The summed E-state index contributed by atoms with van der Waals surface area (Å²) in [6.45, 7) is 0.726. The molecular weight excluding hydrogens is 340 g/mol. The summed E-state index contributed by atoms with van der Waals surface area (Å²) >= 11 is 5.35. The van der Waals surface area contributed by atoms with Crippen LogP contribution in [0.5, 0.6) is 0 Å². The molecule has 0 amide bonds. The van der Waals surface area contributed by atoms with E-state index in [1.165, 1.54) is 10.8 Å². The van der Waals surface area contributed by atoms with Crippen LogP contribution in [-0.2, 0) is 13.3 Å². The van der Waals surface area contributed by atoms with E-state index in [0.717, 1.165) is 24.7 Å². The molecule has 0 heterocycles. The van der Waals surface area contributed by atoms with Crippen LogP contribution in [0, 0.1) is 0 Å². The van der Waals surface area contributed by atoms with Crippen LogP contribution in [-0.4, -0.2) is 41.8 Å². The Labute approximate surface area is 149 Å². The molecule has 0 fully saturated rings. The zero-order valence-corrected chi connectivity index (χ0v) is 16.1. The maximum Gasteiger partial charge on any atom is 0.500 e. The molecule has 0 aromatic heterocycles. The first-order valence-electron chi connectivity index (χ1n) is 7.81. The van der Waals surface area contributed by atoms with Crippen molar-refractivity contribution in [3.05, 3.63) is 42.5 Å². The normalized spacial score (nSPS) is 11.5. The average Bonchev–Trinajstić information content (AvgIpc) is 2.62. The highest BCUT2D eigenvalue weighted by Gasteiger charge is 2.36. The van der Waals surface area contributed by atoms with Gasteiger partial charge < -0.3 is 23.9 Å². The molecule has 2 aromatic rings. The molecule has 7 heteroatoms. The zero-order chi connectivity index (χ0) is 17.4. The van der Waals surface area contributed by atoms with Crippen LogP contribution in [0.15, 0.2) is 42.5 Å². The molecule has 0 atom stereocenters. The molecule has 0 saturated heterocycles. The fourth-order valence-electron chi connectivity index (χ4n) is 2.51. The molecule has 0 aliphatic rings. The van der Waals surface area contributed by atoms with Crippen molar-refractivity contribution in [3.63, 3.8) is 0 Å². The lowest BCUT2D eigenvalue weighted by Gasteiger charge is -2.24. The fraction of sp³-hybridized carbons (Fsp3) is 0.353. The Morgan fingerprint density at radius 1 is 1.00 bits per heavy atom. The number of anilines is 1. The van der Waals surface area contributed by atoms with E-state index < -0.39 is 8.80 Å². The lowest BCUT2D eigenvalue weighted by Crippen LogP contribution is -2.43. The summed E-state index contributed by atoms with van der Waals surface area (Å²) in [5.74, 6) is 0. The quantitative estimate of drug-likeness (QED) is 0.425. The number of hydrogen-bond acceptors (Lipinski definition) is 4. The number of benzene rings is 2. The molecule has 2 aromatic carbocycles. The Bertz CT molecular complexity index is 671. The fourth-order valence-corrected chi connectivity index (χ4v) is 4.45. The van der Waals surface area contributed by atoms with Crippen LogP contribution in [0.25, 0.3) is 10.8 Å². The second kappa shape index (κ2) is 9.10. The van der Waals surface area contributed by atoms with E-state index in [0.29, 0.717) is 5.11 Å². The zero-order valence-electron chi connectivity index (χ0n) is 14.3. The molecule has 0 aliphatic heterocycles. The molecule has 0 unspecified atom stereocenters. The molecule has 2 N–H and O–H groups in total. The van der Waals surface area contributed by atoms with E-state index in [4.69, 9.17) is 25.5 Å². The van der Waals surface area contributed by atoms with Crippen molar-refractivity contribution >= 4 is 42.6 Å². The van der Waals surface area contributed by atoms with Crippen molar-refractivity contribution < 1.29 is 13.3 Å². The molecular formula is C17H24N2O3SSi. The molecule has 0 bridgehead atoms. The molecule has 5 nitrogen and oxygen atoms in total. The second-order valence-electron chi connectivity index (χ2n) is 5.34. The first-order valence-corrected chi connectivity index (χ1v) is 10.2. The molecule has 0 saturated carbocycles. The summed E-state index contributed by atoms with van der Waals surface area (Å²) in [6, 6.07) is 15.2.